The molecular formula is C13H13F3O2. The van der Waals surface area contributed by atoms with Gasteiger partial charge in [0.05, 0.1) is 11.5 Å². The number of rotatable bonds is 2. The molecule has 1 N–H and O–H groups in total. The first-order valence-electron chi connectivity index (χ1n) is 5.78. The molecule has 0 bridgehead atoms. The van der Waals surface area contributed by atoms with E-state index in [4.69, 9.17) is 5.11 Å². The minimum absolute atomic E-state index is 0.0756. The number of carboxylic acid groups (broad SMARTS) is 1. The van der Waals surface area contributed by atoms with Crippen LogP contribution in [0.4, 0.5) is 13.2 Å². The van der Waals surface area contributed by atoms with Crippen LogP contribution in [0.15, 0.2) is 24.3 Å². The molecular weight excluding hydrogens is 245 g/mol. The molecule has 0 heterocycles. The second kappa shape index (κ2) is 4.63. The van der Waals surface area contributed by atoms with E-state index in [1.807, 2.05) is 0 Å². The molecule has 0 aromatic heterocycles. The van der Waals surface area contributed by atoms with Crippen molar-refractivity contribution in [2.24, 2.45) is 5.92 Å². The molecule has 0 spiro atoms. The van der Waals surface area contributed by atoms with E-state index in [9.17, 15) is 18.0 Å². The van der Waals surface area contributed by atoms with Gasteiger partial charge < -0.3 is 5.11 Å². The number of halogens is 3. The summed E-state index contributed by atoms with van der Waals surface area (Å²) in [4.78, 5) is 10.8. The molecule has 0 saturated heterocycles. The van der Waals surface area contributed by atoms with E-state index in [1.165, 1.54) is 6.07 Å². The Morgan fingerprint density at radius 2 is 2.00 bits per heavy atom. The van der Waals surface area contributed by atoms with Gasteiger partial charge in [0.1, 0.15) is 0 Å². The van der Waals surface area contributed by atoms with Gasteiger partial charge in [-0.05, 0) is 36.8 Å². The van der Waals surface area contributed by atoms with Gasteiger partial charge in [-0.25, -0.2) is 0 Å². The number of carbonyl (C=O) groups is 1. The summed E-state index contributed by atoms with van der Waals surface area (Å²) in [6.07, 6.45) is -2.74. The Labute approximate surface area is 102 Å². The third-order valence-corrected chi connectivity index (χ3v) is 3.47. The lowest BCUT2D eigenvalue weighted by Crippen LogP contribution is -2.09. The number of aliphatic carboxylic acids is 1. The van der Waals surface area contributed by atoms with Gasteiger partial charge in [0, 0.05) is 0 Å². The minimum atomic E-state index is -4.35. The van der Waals surface area contributed by atoms with Crippen LogP contribution in [0.5, 0.6) is 0 Å². The van der Waals surface area contributed by atoms with Crippen LogP contribution in [0.2, 0.25) is 0 Å². The molecule has 0 aliphatic heterocycles. The second-order valence-corrected chi connectivity index (χ2v) is 4.67. The van der Waals surface area contributed by atoms with E-state index in [0.717, 1.165) is 12.1 Å². The molecule has 1 aromatic rings. The van der Waals surface area contributed by atoms with E-state index in [0.29, 0.717) is 24.8 Å². The lowest BCUT2D eigenvalue weighted by atomic mass is 9.95. The summed E-state index contributed by atoms with van der Waals surface area (Å²) in [7, 11) is 0. The number of hydrogen-bond donors (Lipinski definition) is 1. The summed E-state index contributed by atoms with van der Waals surface area (Å²) in [5.74, 6) is -1.36. The molecule has 2 rings (SSSR count). The first kappa shape index (κ1) is 12.9. The normalized spacial score (nSPS) is 24.2. The zero-order valence-electron chi connectivity index (χ0n) is 9.57. The van der Waals surface area contributed by atoms with Gasteiger partial charge in [0.25, 0.3) is 0 Å². The van der Waals surface area contributed by atoms with Crippen LogP contribution in [0, 0.1) is 5.92 Å². The van der Waals surface area contributed by atoms with Crippen molar-refractivity contribution < 1.29 is 23.1 Å². The van der Waals surface area contributed by atoms with Crippen molar-refractivity contribution in [1.29, 1.82) is 0 Å². The second-order valence-electron chi connectivity index (χ2n) is 4.67. The van der Waals surface area contributed by atoms with Crippen molar-refractivity contribution in [3.63, 3.8) is 0 Å². The van der Waals surface area contributed by atoms with Gasteiger partial charge in [-0.2, -0.15) is 13.2 Å². The highest BCUT2D eigenvalue weighted by Crippen LogP contribution is 2.40. The topological polar surface area (TPSA) is 37.3 Å². The van der Waals surface area contributed by atoms with Crippen LogP contribution in [0.1, 0.15) is 36.3 Å². The highest BCUT2D eigenvalue weighted by Gasteiger charge is 2.33. The number of carboxylic acids is 1. The highest BCUT2D eigenvalue weighted by atomic mass is 19.4. The average molecular weight is 258 g/mol. The smallest absolute Gasteiger partial charge is 0.416 e. The fourth-order valence-electron chi connectivity index (χ4n) is 2.48. The Morgan fingerprint density at radius 3 is 2.56 bits per heavy atom. The van der Waals surface area contributed by atoms with Crippen LogP contribution < -0.4 is 0 Å². The van der Waals surface area contributed by atoms with Crippen molar-refractivity contribution >= 4 is 5.97 Å². The Hall–Kier alpha value is -1.52. The summed E-state index contributed by atoms with van der Waals surface area (Å²) in [5, 5.41) is 8.88. The predicted molar refractivity (Wildman–Crippen MR) is 59.2 cm³/mol. The van der Waals surface area contributed by atoms with E-state index in [1.54, 1.807) is 6.07 Å². The molecule has 2 nitrogen and oxygen atoms in total. The summed E-state index contributed by atoms with van der Waals surface area (Å²) in [6.45, 7) is 0. The molecule has 1 aromatic carbocycles. The number of alkyl halides is 3. The zero-order valence-corrected chi connectivity index (χ0v) is 9.57. The fraction of sp³-hybridized carbons (Fsp3) is 0.462. The maximum absolute atomic E-state index is 12.6. The monoisotopic (exact) mass is 258 g/mol. The molecule has 98 valence electrons. The van der Waals surface area contributed by atoms with Crippen molar-refractivity contribution in [3.05, 3.63) is 35.4 Å². The van der Waals surface area contributed by atoms with Gasteiger partial charge >= 0.3 is 12.1 Å². The highest BCUT2D eigenvalue weighted by molar-refractivity contribution is 5.70. The van der Waals surface area contributed by atoms with Crippen molar-refractivity contribution in [2.45, 2.75) is 31.4 Å². The van der Waals surface area contributed by atoms with E-state index in [-0.39, 0.29) is 5.92 Å². The summed E-state index contributed by atoms with van der Waals surface area (Å²) < 4.78 is 37.7. The molecule has 18 heavy (non-hydrogen) atoms. The zero-order chi connectivity index (χ0) is 13.3. The van der Waals surface area contributed by atoms with Crippen molar-refractivity contribution in [2.75, 3.05) is 0 Å². The lowest BCUT2D eigenvalue weighted by molar-refractivity contribution is -0.141. The summed E-state index contributed by atoms with van der Waals surface area (Å²) >= 11 is 0. The summed E-state index contributed by atoms with van der Waals surface area (Å²) in [5.41, 5.74) is -0.0765. The van der Waals surface area contributed by atoms with Gasteiger partial charge in [-0.1, -0.05) is 18.2 Å². The van der Waals surface area contributed by atoms with Crippen molar-refractivity contribution in [1.82, 2.24) is 0 Å². The largest absolute Gasteiger partial charge is 0.481 e. The average Bonchev–Trinajstić information content (AvgIpc) is 2.77. The number of hydrogen-bond acceptors (Lipinski definition) is 1. The van der Waals surface area contributed by atoms with Crippen molar-refractivity contribution in [3.8, 4) is 0 Å². The van der Waals surface area contributed by atoms with E-state index < -0.39 is 23.6 Å². The van der Waals surface area contributed by atoms with Gasteiger partial charge in [-0.15, -0.1) is 0 Å². The van der Waals surface area contributed by atoms with Crippen LogP contribution in [0.3, 0.4) is 0 Å². The fourth-order valence-corrected chi connectivity index (χ4v) is 2.48. The van der Waals surface area contributed by atoms with E-state index in [2.05, 4.69) is 0 Å². The molecule has 1 fully saturated rings. The minimum Gasteiger partial charge on any atom is -0.481 e. The molecule has 0 amide bonds. The van der Waals surface area contributed by atoms with Crippen LogP contribution >= 0.6 is 0 Å². The number of benzene rings is 1. The van der Waals surface area contributed by atoms with Gasteiger partial charge in [-0.3, -0.25) is 4.79 Å². The van der Waals surface area contributed by atoms with Crippen LogP contribution in [-0.2, 0) is 11.0 Å². The molecule has 1 saturated carbocycles. The molecule has 1 aliphatic rings. The SMILES string of the molecule is O=C(O)[C@H]1CC[C@@H](c2cccc(C(F)(F)F)c2)C1. The molecule has 1 aliphatic carbocycles. The van der Waals surface area contributed by atoms with Gasteiger partial charge in [0.15, 0.2) is 0 Å². The van der Waals surface area contributed by atoms with Crippen LogP contribution in [0.25, 0.3) is 0 Å². The Balaban J connectivity index is 2.18. The molecule has 0 unspecified atom stereocenters. The van der Waals surface area contributed by atoms with Crippen LogP contribution in [-0.4, -0.2) is 11.1 Å². The van der Waals surface area contributed by atoms with E-state index >= 15 is 0 Å². The quantitative estimate of drug-likeness (QED) is 0.878. The molecule has 0 radical (unpaired) electrons. The summed E-state index contributed by atoms with van der Waals surface area (Å²) in [6, 6.07) is 5.19. The third kappa shape index (κ3) is 2.66. The maximum Gasteiger partial charge on any atom is 0.416 e. The third-order valence-electron chi connectivity index (χ3n) is 3.47. The molecule has 2 atom stereocenters. The Bertz CT molecular complexity index is 454. The Morgan fingerprint density at radius 1 is 1.28 bits per heavy atom. The lowest BCUT2D eigenvalue weighted by Gasteiger charge is -2.13. The first-order valence-corrected chi connectivity index (χ1v) is 5.78. The predicted octanol–water partition coefficient (Wildman–Crippen LogP) is 3.67. The first-order chi connectivity index (χ1) is 8.38. The van der Waals surface area contributed by atoms with Gasteiger partial charge in [0.2, 0.25) is 0 Å². The Kier molecular flexibility index (Phi) is 3.32. The maximum atomic E-state index is 12.6. The standard InChI is InChI=1S/C13H13F3O2/c14-13(15,16)11-3-1-2-8(7-11)9-4-5-10(6-9)12(17)18/h1-3,7,9-10H,4-6H2,(H,17,18)/t9-,10+/m1/s1. The molecule has 5 heteroatoms.